The summed E-state index contributed by atoms with van der Waals surface area (Å²) in [4.78, 5) is 20.2. The van der Waals surface area contributed by atoms with Gasteiger partial charge < -0.3 is 14.2 Å². The number of thioether (sulfide) groups is 1. The van der Waals surface area contributed by atoms with Gasteiger partial charge in [-0.3, -0.25) is 14.3 Å². The SMILES string of the molecule is COc1ccc(OCCSc2nc3ccsc3c(=O)n2CCCN2CCOCC2)cc1. The summed E-state index contributed by atoms with van der Waals surface area (Å²) in [5.41, 5.74) is 0.832. The van der Waals surface area contributed by atoms with Gasteiger partial charge in [-0.25, -0.2) is 4.98 Å². The van der Waals surface area contributed by atoms with E-state index >= 15 is 0 Å². The molecule has 31 heavy (non-hydrogen) atoms. The molecule has 166 valence electrons. The van der Waals surface area contributed by atoms with Crippen molar-refractivity contribution in [1.29, 1.82) is 0 Å². The van der Waals surface area contributed by atoms with Crippen LogP contribution in [-0.4, -0.2) is 66.8 Å². The Kier molecular flexibility index (Phi) is 7.85. The minimum absolute atomic E-state index is 0.0561. The van der Waals surface area contributed by atoms with E-state index in [1.54, 1.807) is 18.9 Å². The second-order valence-electron chi connectivity index (χ2n) is 7.17. The predicted molar refractivity (Wildman–Crippen MR) is 125 cm³/mol. The first-order valence-corrected chi connectivity index (χ1v) is 12.3. The molecule has 0 aliphatic carbocycles. The Morgan fingerprint density at radius 1 is 1.13 bits per heavy atom. The molecule has 0 unspecified atom stereocenters. The number of rotatable bonds is 10. The van der Waals surface area contributed by atoms with E-state index in [-0.39, 0.29) is 5.56 Å². The zero-order valence-corrected chi connectivity index (χ0v) is 19.3. The highest BCUT2D eigenvalue weighted by atomic mass is 32.2. The first kappa shape index (κ1) is 22.1. The fourth-order valence-corrected chi connectivity index (χ4v) is 5.09. The number of methoxy groups -OCH3 is 1. The van der Waals surface area contributed by atoms with Crippen LogP contribution < -0.4 is 15.0 Å². The Balaban J connectivity index is 1.37. The number of morpholine rings is 1. The molecule has 9 heteroatoms. The lowest BCUT2D eigenvalue weighted by molar-refractivity contribution is 0.0368. The molecular weight excluding hydrogens is 434 g/mol. The molecule has 0 radical (unpaired) electrons. The zero-order valence-electron chi connectivity index (χ0n) is 17.6. The lowest BCUT2D eigenvalue weighted by atomic mass is 10.3. The van der Waals surface area contributed by atoms with E-state index < -0.39 is 0 Å². The molecule has 0 bridgehead atoms. The molecule has 3 aromatic rings. The average molecular weight is 462 g/mol. The first-order chi connectivity index (χ1) is 15.2. The van der Waals surface area contributed by atoms with Crippen molar-refractivity contribution in [1.82, 2.24) is 14.5 Å². The number of nitrogens with zero attached hydrogens (tertiary/aromatic N) is 3. The fraction of sp³-hybridized carbons (Fsp3) is 0.455. The van der Waals surface area contributed by atoms with Crippen molar-refractivity contribution in [2.75, 3.05) is 52.3 Å². The predicted octanol–water partition coefficient (Wildman–Crippen LogP) is 3.36. The van der Waals surface area contributed by atoms with Crippen molar-refractivity contribution in [3.8, 4) is 11.5 Å². The highest BCUT2D eigenvalue weighted by Gasteiger charge is 2.14. The summed E-state index contributed by atoms with van der Waals surface area (Å²) in [6.45, 7) is 5.66. The second-order valence-corrected chi connectivity index (χ2v) is 9.14. The topological polar surface area (TPSA) is 65.8 Å². The third-order valence-corrected chi connectivity index (χ3v) is 6.97. The first-order valence-electron chi connectivity index (χ1n) is 10.4. The molecule has 7 nitrogen and oxygen atoms in total. The molecule has 3 heterocycles. The van der Waals surface area contributed by atoms with Crippen molar-refractivity contribution < 1.29 is 14.2 Å². The maximum atomic E-state index is 13.1. The largest absolute Gasteiger partial charge is 0.497 e. The molecule has 0 atom stereocenters. The average Bonchev–Trinajstić information content (AvgIpc) is 3.28. The summed E-state index contributed by atoms with van der Waals surface area (Å²) in [6.07, 6.45) is 0.911. The van der Waals surface area contributed by atoms with Crippen LogP contribution in [0.5, 0.6) is 11.5 Å². The summed E-state index contributed by atoms with van der Waals surface area (Å²) in [6, 6.07) is 9.44. The monoisotopic (exact) mass is 461 g/mol. The number of aromatic nitrogens is 2. The molecule has 0 amide bonds. The smallest absolute Gasteiger partial charge is 0.272 e. The van der Waals surface area contributed by atoms with Gasteiger partial charge in [-0.1, -0.05) is 11.8 Å². The van der Waals surface area contributed by atoms with Crippen LogP contribution in [0.2, 0.25) is 0 Å². The van der Waals surface area contributed by atoms with Crippen LogP contribution in [0.1, 0.15) is 6.42 Å². The van der Waals surface area contributed by atoms with Crippen molar-refractivity contribution in [2.24, 2.45) is 0 Å². The van der Waals surface area contributed by atoms with E-state index in [1.807, 2.05) is 40.3 Å². The highest BCUT2D eigenvalue weighted by Crippen LogP contribution is 2.22. The maximum Gasteiger partial charge on any atom is 0.272 e. The van der Waals surface area contributed by atoms with Crippen LogP contribution in [0.3, 0.4) is 0 Å². The van der Waals surface area contributed by atoms with Gasteiger partial charge in [0.1, 0.15) is 16.2 Å². The van der Waals surface area contributed by atoms with Gasteiger partial charge in [-0.2, -0.15) is 0 Å². The lowest BCUT2D eigenvalue weighted by Crippen LogP contribution is -2.37. The number of hydrogen-bond donors (Lipinski definition) is 0. The number of thiophene rings is 1. The number of benzene rings is 1. The van der Waals surface area contributed by atoms with Crippen LogP contribution in [0.15, 0.2) is 45.7 Å². The van der Waals surface area contributed by atoms with Crippen LogP contribution in [0.25, 0.3) is 10.2 Å². The highest BCUT2D eigenvalue weighted by molar-refractivity contribution is 7.99. The van der Waals surface area contributed by atoms with Gasteiger partial charge >= 0.3 is 0 Å². The minimum Gasteiger partial charge on any atom is -0.497 e. The Hall–Kier alpha value is -2.07. The Bertz CT molecular complexity index is 1030. The van der Waals surface area contributed by atoms with E-state index in [4.69, 9.17) is 19.2 Å². The lowest BCUT2D eigenvalue weighted by Gasteiger charge is -2.26. The van der Waals surface area contributed by atoms with Gasteiger partial charge in [0.2, 0.25) is 0 Å². The maximum absolute atomic E-state index is 13.1. The molecule has 2 aromatic heterocycles. The van der Waals surface area contributed by atoms with Crippen molar-refractivity contribution in [2.45, 2.75) is 18.1 Å². The van der Waals surface area contributed by atoms with Crippen molar-refractivity contribution in [3.05, 3.63) is 46.1 Å². The summed E-state index contributed by atoms with van der Waals surface area (Å²) in [5.74, 6) is 2.30. The van der Waals surface area contributed by atoms with E-state index in [1.165, 1.54) is 11.3 Å². The number of hydrogen-bond acceptors (Lipinski definition) is 8. The molecule has 1 fully saturated rings. The molecule has 1 saturated heterocycles. The van der Waals surface area contributed by atoms with Crippen LogP contribution in [0.4, 0.5) is 0 Å². The van der Waals surface area contributed by atoms with Gasteiger partial charge in [-0.15, -0.1) is 11.3 Å². The second kappa shape index (κ2) is 11.0. The standard InChI is InChI=1S/C22H27N3O4S2/c1-27-17-3-5-18(6-4-17)29-14-16-31-22-23-19-7-15-30-20(19)21(26)25(22)9-2-8-24-10-12-28-13-11-24/h3-7,15H,2,8-14,16H2,1H3. The minimum atomic E-state index is 0.0561. The summed E-state index contributed by atoms with van der Waals surface area (Å²) in [7, 11) is 1.64. The summed E-state index contributed by atoms with van der Waals surface area (Å²) < 4.78 is 19.0. The molecular formula is C22H27N3O4S2. The van der Waals surface area contributed by atoms with Gasteiger partial charge in [0.25, 0.3) is 5.56 Å². The molecule has 1 aliphatic heterocycles. The third-order valence-electron chi connectivity index (χ3n) is 5.13. The van der Waals surface area contributed by atoms with Crippen molar-refractivity contribution in [3.63, 3.8) is 0 Å². The third kappa shape index (κ3) is 5.79. The molecule has 0 N–H and O–H groups in total. The quantitative estimate of drug-likeness (QED) is 0.261. The number of fused-ring (bicyclic) bond motifs is 1. The Labute approximate surface area is 189 Å². The molecule has 1 aliphatic rings. The van der Waals surface area contributed by atoms with Gasteiger partial charge in [0.15, 0.2) is 5.16 Å². The molecule has 0 saturated carbocycles. The van der Waals surface area contributed by atoms with Crippen LogP contribution in [0, 0.1) is 0 Å². The Morgan fingerprint density at radius 3 is 2.68 bits per heavy atom. The van der Waals surface area contributed by atoms with E-state index in [2.05, 4.69) is 4.90 Å². The Morgan fingerprint density at radius 2 is 1.90 bits per heavy atom. The van der Waals surface area contributed by atoms with Gasteiger partial charge in [0.05, 0.1) is 32.4 Å². The fourth-order valence-electron chi connectivity index (χ4n) is 3.47. The van der Waals surface area contributed by atoms with Crippen LogP contribution in [-0.2, 0) is 11.3 Å². The van der Waals surface area contributed by atoms with Gasteiger partial charge in [-0.05, 0) is 42.1 Å². The summed E-state index contributed by atoms with van der Waals surface area (Å²) in [5, 5.41) is 2.69. The van der Waals surface area contributed by atoms with Gasteiger partial charge in [0, 0.05) is 31.9 Å². The molecule has 1 aromatic carbocycles. The summed E-state index contributed by atoms with van der Waals surface area (Å²) >= 11 is 3.03. The zero-order chi connectivity index (χ0) is 21.5. The van der Waals surface area contributed by atoms with E-state index in [0.717, 1.165) is 66.1 Å². The van der Waals surface area contributed by atoms with E-state index in [0.29, 0.717) is 18.9 Å². The van der Waals surface area contributed by atoms with Crippen molar-refractivity contribution >= 4 is 33.3 Å². The van der Waals surface area contributed by atoms with E-state index in [9.17, 15) is 4.79 Å². The molecule has 0 spiro atoms. The van der Waals surface area contributed by atoms with Crippen LogP contribution >= 0.6 is 23.1 Å². The normalized spacial score (nSPS) is 14.7. The number of ether oxygens (including phenoxy) is 3. The molecule has 4 rings (SSSR count).